The maximum atomic E-state index is 12.8. The zero-order valence-corrected chi connectivity index (χ0v) is 5.35. The van der Waals surface area contributed by atoms with Gasteiger partial charge in [0.05, 0.1) is 0 Å². The Balaban J connectivity index is 2.90. The van der Waals surface area contributed by atoms with E-state index in [0.29, 0.717) is 0 Å². The number of aromatic nitrogens is 3. The number of H-pyrrole nitrogens is 1. The molecule has 3 nitrogen and oxygen atoms in total. The largest absolute Gasteiger partial charge is 0.261 e. The summed E-state index contributed by atoms with van der Waals surface area (Å²) in [7, 11) is 0. The summed E-state index contributed by atoms with van der Waals surface area (Å²) in [6.45, 7) is 2.85. The molecule has 0 spiro atoms. The number of aromatic amines is 1. The van der Waals surface area contributed by atoms with Crippen molar-refractivity contribution in [3.8, 4) is 0 Å². The molecule has 0 aliphatic carbocycles. The molecule has 1 aromatic heterocycles. The van der Waals surface area contributed by atoms with E-state index in [1.165, 1.54) is 20.2 Å². The lowest BCUT2D eigenvalue weighted by Crippen LogP contribution is -2.11. The van der Waals surface area contributed by atoms with Gasteiger partial charge in [0.25, 0.3) is 0 Å². The molecule has 0 unspecified atom stereocenters. The lowest BCUT2D eigenvalue weighted by atomic mass is 10.2. The molecule has 0 radical (unpaired) electrons. The molecule has 4 heteroatoms. The minimum absolute atomic E-state index is 0.266. The fourth-order valence-electron chi connectivity index (χ4n) is 0.492. The lowest BCUT2D eigenvalue weighted by molar-refractivity contribution is 0.207. The highest BCUT2D eigenvalue weighted by Gasteiger charge is 2.21. The molecule has 0 fully saturated rings. The van der Waals surface area contributed by atoms with Gasteiger partial charge in [-0.15, -0.1) is 0 Å². The van der Waals surface area contributed by atoms with E-state index in [4.69, 9.17) is 0 Å². The molecule has 9 heavy (non-hydrogen) atoms. The molecule has 0 saturated carbocycles. The van der Waals surface area contributed by atoms with Crippen LogP contribution in [0.3, 0.4) is 0 Å². The van der Waals surface area contributed by atoms with Gasteiger partial charge in [0.1, 0.15) is 6.33 Å². The zero-order chi connectivity index (χ0) is 6.91. The van der Waals surface area contributed by atoms with E-state index in [1.807, 2.05) is 0 Å². The van der Waals surface area contributed by atoms with Crippen LogP contribution in [0.5, 0.6) is 0 Å². The Morgan fingerprint density at radius 2 is 2.33 bits per heavy atom. The first kappa shape index (κ1) is 6.19. The number of hydrogen-bond donors (Lipinski definition) is 1. The molecule has 0 aromatic carbocycles. The van der Waals surface area contributed by atoms with E-state index in [2.05, 4.69) is 15.2 Å². The molecule has 0 amide bonds. The van der Waals surface area contributed by atoms with Gasteiger partial charge in [-0.25, -0.2) is 9.37 Å². The van der Waals surface area contributed by atoms with Gasteiger partial charge in [0.15, 0.2) is 11.5 Å². The van der Waals surface area contributed by atoms with Crippen molar-refractivity contribution >= 4 is 0 Å². The van der Waals surface area contributed by atoms with Crippen molar-refractivity contribution < 1.29 is 4.39 Å². The summed E-state index contributed by atoms with van der Waals surface area (Å²) in [5, 5.41) is 5.95. The van der Waals surface area contributed by atoms with Crippen LogP contribution in [-0.2, 0) is 5.67 Å². The van der Waals surface area contributed by atoms with Gasteiger partial charge in [0.2, 0.25) is 0 Å². The second kappa shape index (κ2) is 1.79. The maximum Gasteiger partial charge on any atom is 0.164 e. The lowest BCUT2D eigenvalue weighted by Gasteiger charge is -2.07. The van der Waals surface area contributed by atoms with Gasteiger partial charge in [-0.3, -0.25) is 5.10 Å². The van der Waals surface area contributed by atoms with Gasteiger partial charge >= 0.3 is 0 Å². The Labute approximate surface area is 52.3 Å². The van der Waals surface area contributed by atoms with Crippen molar-refractivity contribution in [1.82, 2.24) is 15.2 Å². The predicted molar refractivity (Wildman–Crippen MR) is 30.5 cm³/mol. The summed E-state index contributed by atoms with van der Waals surface area (Å²) in [6, 6.07) is 0. The van der Waals surface area contributed by atoms with E-state index in [1.54, 1.807) is 0 Å². The highest BCUT2D eigenvalue weighted by Crippen LogP contribution is 2.18. The second-order valence-electron chi connectivity index (χ2n) is 2.31. The molecular formula is C5H8FN3. The van der Waals surface area contributed by atoms with Crippen molar-refractivity contribution in [2.24, 2.45) is 0 Å². The summed E-state index contributed by atoms with van der Waals surface area (Å²) in [5.41, 5.74) is -1.41. The fraction of sp³-hybridized carbons (Fsp3) is 0.600. The SMILES string of the molecule is CC(C)(F)c1ncn[nH]1. The van der Waals surface area contributed by atoms with Gasteiger partial charge in [-0.1, -0.05) is 0 Å². The van der Waals surface area contributed by atoms with Gasteiger partial charge in [0, 0.05) is 0 Å². The number of alkyl halides is 1. The molecule has 0 bridgehead atoms. The average molecular weight is 129 g/mol. The molecule has 0 aliphatic rings. The monoisotopic (exact) mass is 129 g/mol. The zero-order valence-electron chi connectivity index (χ0n) is 5.35. The summed E-state index contributed by atoms with van der Waals surface area (Å²) >= 11 is 0. The first-order valence-electron chi connectivity index (χ1n) is 2.65. The number of rotatable bonds is 1. The molecule has 1 aromatic rings. The third-order valence-corrected chi connectivity index (χ3v) is 0.978. The quantitative estimate of drug-likeness (QED) is 0.614. The van der Waals surface area contributed by atoms with E-state index >= 15 is 0 Å². The molecule has 1 heterocycles. The van der Waals surface area contributed by atoms with Crippen molar-refractivity contribution in [2.45, 2.75) is 19.5 Å². The number of hydrogen-bond acceptors (Lipinski definition) is 2. The van der Waals surface area contributed by atoms with E-state index in [9.17, 15) is 4.39 Å². The Kier molecular flexibility index (Phi) is 1.23. The standard InChI is InChI=1S/C5H8FN3/c1-5(2,6)4-7-3-8-9-4/h3H,1-2H3,(H,7,8,9). The van der Waals surface area contributed by atoms with Crippen LogP contribution in [0, 0.1) is 0 Å². The minimum atomic E-state index is -1.41. The minimum Gasteiger partial charge on any atom is -0.261 e. The van der Waals surface area contributed by atoms with Crippen LogP contribution in [-0.4, -0.2) is 15.2 Å². The summed E-state index contributed by atoms with van der Waals surface area (Å²) in [5.74, 6) is 0.266. The molecule has 0 saturated heterocycles. The van der Waals surface area contributed by atoms with Crippen LogP contribution < -0.4 is 0 Å². The van der Waals surface area contributed by atoms with Crippen LogP contribution in [0.2, 0.25) is 0 Å². The summed E-state index contributed by atoms with van der Waals surface area (Å²) in [6.07, 6.45) is 1.29. The normalized spacial score (nSPS) is 11.9. The van der Waals surface area contributed by atoms with Crippen molar-refractivity contribution in [3.05, 3.63) is 12.2 Å². The Morgan fingerprint density at radius 1 is 1.67 bits per heavy atom. The van der Waals surface area contributed by atoms with Gasteiger partial charge in [-0.05, 0) is 13.8 Å². The summed E-state index contributed by atoms with van der Waals surface area (Å²) in [4.78, 5) is 3.65. The third kappa shape index (κ3) is 1.25. The van der Waals surface area contributed by atoms with E-state index in [0.717, 1.165) is 0 Å². The number of nitrogens with one attached hydrogen (secondary N) is 1. The maximum absolute atomic E-state index is 12.8. The van der Waals surface area contributed by atoms with E-state index < -0.39 is 5.67 Å². The Hall–Kier alpha value is -0.930. The third-order valence-electron chi connectivity index (χ3n) is 0.978. The van der Waals surface area contributed by atoms with Crippen LogP contribution >= 0.6 is 0 Å². The molecule has 1 N–H and O–H groups in total. The topological polar surface area (TPSA) is 41.6 Å². The number of nitrogens with zero attached hydrogens (tertiary/aromatic N) is 2. The first-order valence-corrected chi connectivity index (χ1v) is 2.65. The average Bonchev–Trinajstić information content (AvgIpc) is 2.08. The van der Waals surface area contributed by atoms with Crippen molar-refractivity contribution in [3.63, 3.8) is 0 Å². The molecule has 50 valence electrons. The number of halogens is 1. The predicted octanol–water partition coefficient (Wildman–Crippen LogP) is 1.01. The Morgan fingerprint density at radius 3 is 2.56 bits per heavy atom. The van der Waals surface area contributed by atoms with Crippen molar-refractivity contribution in [2.75, 3.05) is 0 Å². The smallest absolute Gasteiger partial charge is 0.164 e. The van der Waals surface area contributed by atoms with Crippen LogP contribution in [0.1, 0.15) is 19.7 Å². The molecule has 0 atom stereocenters. The van der Waals surface area contributed by atoms with Gasteiger partial charge in [-0.2, -0.15) is 5.10 Å². The molecular weight excluding hydrogens is 121 g/mol. The fourth-order valence-corrected chi connectivity index (χ4v) is 0.492. The first-order chi connectivity index (χ1) is 4.11. The van der Waals surface area contributed by atoms with Crippen LogP contribution in [0.15, 0.2) is 6.33 Å². The highest BCUT2D eigenvalue weighted by atomic mass is 19.1. The molecule has 0 aliphatic heterocycles. The van der Waals surface area contributed by atoms with E-state index in [-0.39, 0.29) is 5.82 Å². The molecule has 1 rings (SSSR count). The van der Waals surface area contributed by atoms with Gasteiger partial charge < -0.3 is 0 Å². The second-order valence-corrected chi connectivity index (χ2v) is 2.31. The summed E-state index contributed by atoms with van der Waals surface area (Å²) < 4.78 is 12.8. The van der Waals surface area contributed by atoms with Crippen LogP contribution in [0.25, 0.3) is 0 Å². The highest BCUT2D eigenvalue weighted by molar-refractivity contribution is 4.92. The van der Waals surface area contributed by atoms with Crippen LogP contribution in [0.4, 0.5) is 4.39 Å². The van der Waals surface area contributed by atoms with Crippen molar-refractivity contribution in [1.29, 1.82) is 0 Å². The Bertz CT molecular complexity index is 175.